The Bertz CT molecular complexity index is 1130. The molecule has 9 heteroatoms. The Morgan fingerprint density at radius 3 is 2.81 bits per heavy atom. The Balaban J connectivity index is 1.76. The summed E-state index contributed by atoms with van der Waals surface area (Å²) in [5.74, 6) is 0.900. The molecule has 0 saturated heterocycles. The number of rotatable bonds is 2. The van der Waals surface area contributed by atoms with Gasteiger partial charge in [-0.1, -0.05) is 11.6 Å². The van der Waals surface area contributed by atoms with Crippen LogP contribution >= 0.6 is 22.9 Å². The van der Waals surface area contributed by atoms with Gasteiger partial charge in [-0.3, -0.25) is 0 Å². The van der Waals surface area contributed by atoms with Crippen LogP contribution in [-0.4, -0.2) is 11.8 Å². The number of allylic oxidation sites excluding steroid dienone is 1. The fourth-order valence-electron chi connectivity index (χ4n) is 2.60. The number of hydrogen-bond donors (Lipinski definition) is 0. The maximum atomic E-state index is 12.9. The van der Waals surface area contributed by atoms with E-state index in [2.05, 4.69) is 4.98 Å². The van der Waals surface area contributed by atoms with E-state index in [9.17, 15) is 18.4 Å². The first-order valence-corrected chi connectivity index (χ1v) is 8.74. The molecule has 2 heterocycles. The van der Waals surface area contributed by atoms with Crippen molar-refractivity contribution in [3.63, 3.8) is 0 Å². The van der Waals surface area contributed by atoms with E-state index in [1.54, 1.807) is 18.2 Å². The average Bonchev–Trinajstić information content (AvgIpc) is 3.24. The van der Waals surface area contributed by atoms with Crippen LogP contribution in [0.2, 0.25) is 5.02 Å². The molecule has 136 valence electrons. The van der Waals surface area contributed by atoms with Gasteiger partial charge in [-0.15, -0.1) is 11.3 Å². The lowest BCUT2D eigenvalue weighted by Gasteiger charge is -2.04. The van der Waals surface area contributed by atoms with Gasteiger partial charge in [0.25, 0.3) is 0 Å². The second-order valence-corrected chi connectivity index (χ2v) is 7.04. The predicted molar refractivity (Wildman–Crippen MR) is 95.7 cm³/mol. The number of halogens is 4. The van der Waals surface area contributed by atoms with Gasteiger partial charge in [0.1, 0.15) is 11.1 Å². The van der Waals surface area contributed by atoms with E-state index >= 15 is 0 Å². The molecule has 1 aliphatic heterocycles. The number of benzene rings is 2. The van der Waals surface area contributed by atoms with Crippen molar-refractivity contribution in [3.8, 4) is 17.6 Å². The van der Waals surface area contributed by atoms with Gasteiger partial charge < -0.3 is 9.47 Å². The van der Waals surface area contributed by atoms with Gasteiger partial charge >= 0.3 is 6.18 Å². The Kier molecular flexibility index (Phi) is 4.21. The molecule has 0 saturated carbocycles. The summed E-state index contributed by atoms with van der Waals surface area (Å²) in [6, 6.07) is 8.64. The van der Waals surface area contributed by atoms with Crippen molar-refractivity contribution in [3.05, 3.63) is 51.5 Å². The maximum Gasteiger partial charge on any atom is 0.416 e. The van der Waals surface area contributed by atoms with Crippen molar-refractivity contribution < 1.29 is 22.6 Å². The lowest BCUT2D eigenvalue weighted by Crippen LogP contribution is -2.03. The molecule has 0 fully saturated rings. The van der Waals surface area contributed by atoms with Gasteiger partial charge in [-0.05, 0) is 42.0 Å². The second kappa shape index (κ2) is 6.44. The summed E-state index contributed by atoms with van der Waals surface area (Å²) >= 11 is 7.28. The zero-order chi connectivity index (χ0) is 19.2. The predicted octanol–water partition coefficient (Wildman–Crippen LogP) is 5.76. The highest BCUT2D eigenvalue weighted by Crippen LogP contribution is 2.41. The summed E-state index contributed by atoms with van der Waals surface area (Å²) in [4.78, 5) is 4.19. The smallest absolute Gasteiger partial charge is 0.416 e. The molecule has 0 unspecified atom stereocenters. The number of nitrogens with zero attached hydrogens (tertiary/aromatic N) is 2. The molecule has 2 aromatic carbocycles. The normalized spacial score (nSPS) is 13.8. The van der Waals surface area contributed by atoms with Crippen molar-refractivity contribution in [1.82, 2.24) is 4.98 Å². The summed E-state index contributed by atoms with van der Waals surface area (Å²) < 4.78 is 49.7. The average molecular weight is 409 g/mol. The first-order chi connectivity index (χ1) is 12.8. The van der Waals surface area contributed by atoms with Crippen LogP contribution < -0.4 is 9.47 Å². The molecule has 0 amide bonds. The van der Waals surface area contributed by atoms with Crippen LogP contribution in [0.3, 0.4) is 0 Å². The third-order valence-electron chi connectivity index (χ3n) is 3.83. The van der Waals surface area contributed by atoms with Crippen LogP contribution in [0.25, 0.3) is 21.9 Å². The summed E-state index contributed by atoms with van der Waals surface area (Å²) in [6.45, 7) is 0.0622. The SMILES string of the molecule is N#C/C(=C\c1cc(Cl)c2c(c1)OCO2)c1nc2cc(C(F)(F)F)ccc2s1. The van der Waals surface area contributed by atoms with E-state index < -0.39 is 11.7 Å². The van der Waals surface area contributed by atoms with E-state index in [0.717, 1.165) is 23.5 Å². The van der Waals surface area contributed by atoms with Crippen molar-refractivity contribution in [2.45, 2.75) is 6.18 Å². The Morgan fingerprint density at radius 2 is 2.07 bits per heavy atom. The van der Waals surface area contributed by atoms with Crippen LogP contribution in [0.15, 0.2) is 30.3 Å². The first-order valence-electron chi connectivity index (χ1n) is 7.54. The molecule has 0 spiro atoms. The van der Waals surface area contributed by atoms with Crippen LogP contribution in [-0.2, 0) is 6.18 Å². The zero-order valence-corrected chi connectivity index (χ0v) is 14.9. The molecule has 4 rings (SSSR count). The fourth-order valence-corrected chi connectivity index (χ4v) is 3.78. The number of thiazole rings is 1. The molecular formula is C18H8ClF3N2O2S. The minimum absolute atomic E-state index is 0.0622. The van der Waals surface area contributed by atoms with Crippen molar-refractivity contribution >= 4 is 44.8 Å². The van der Waals surface area contributed by atoms with Gasteiger partial charge in [-0.25, -0.2) is 4.98 Å². The number of aromatic nitrogens is 1. The van der Waals surface area contributed by atoms with E-state index in [4.69, 9.17) is 21.1 Å². The molecule has 1 aromatic heterocycles. The molecule has 3 aromatic rings. The van der Waals surface area contributed by atoms with Crippen LogP contribution in [0.5, 0.6) is 11.5 Å². The molecular weight excluding hydrogens is 401 g/mol. The zero-order valence-electron chi connectivity index (χ0n) is 13.3. The summed E-state index contributed by atoms with van der Waals surface area (Å²) in [5.41, 5.74) is 0.210. The Morgan fingerprint density at radius 1 is 1.26 bits per heavy atom. The lowest BCUT2D eigenvalue weighted by atomic mass is 10.1. The van der Waals surface area contributed by atoms with Gasteiger partial charge in [0.05, 0.1) is 26.4 Å². The monoisotopic (exact) mass is 408 g/mol. The van der Waals surface area contributed by atoms with Gasteiger partial charge in [0.2, 0.25) is 6.79 Å². The van der Waals surface area contributed by atoms with Crippen molar-refractivity contribution in [2.24, 2.45) is 0 Å². The molecule has 0 aliphatic carbocycles. The highest BCUT2D eigenvalue weighted by atomic mass is 35.5. The number of fused-ring (bicyclic) bond motifs is 2. The highest BCUT2D eigenvalue weighted by molar-refractivity contribution is 7.19. The summed E-state index contributed by atoms with van der Waals surface area (Å²) in [7, 11) is 0. The number of alkyl halides is 3. The first kappa shape index (κ1) is 17.6. The summed E-state index contributed by atoms with van der Waals surface area (Å²) in [5, 5.41) is 10.2. The fraction of sp³-hybridized carbons (Fsp3) is 0.111. The molecule has 0 bridgehead atoms. The van der Waals surface area contributed by atoms with Crippen LogP contribution in [0.4, 0.5) is 13.2 Å². The van der Waals surface area contributed by atoms with Gasteiger partial charge in [0.15, 0.2) is 11.5 Å². The minimum Gasteiger partial charge on any atom is -0.454 e. The molecule has 1 aliphatic rings. The quantitative estimate of drug-likeness (QED) is 0.506. The third-order valence-corrected chi connectivity index (χ3v) is 5.18. The largest absolute Gasteiger partial charge is 0.454 e. The third kappa shape index (κ3) is 3.31. The molecule has 27 heavy (non-hydrogen) atoms. The Hall–Kier alpha value is -2.76. The summed E-state index contributed by atoms with van der Waals surface area (Å²) in [6.07, 6.45) is -2.90. The van der Waals surface area contributed by atoms with Crippen LogP contribution in [0, 0.1) is 11.3 Å². The maximum absolute atomic E-state index is 12.9. The number of hydrogen-bond acceptors (Lipinski definition) is 5. The molecule has 4 nitrogen and oxygen atoms in total. The van der Waals surface area contributed by atoms with Gasteiger partial charge in [-0.2, -0.15) is 18.4 Å². The van der Waals surface area contributed by atoms with E-state index in [1.807, 2.05) is 6.07 Å². The standard InChI is InChI=1S/C18H8ClF3N2O2S/c19-12-4-9(5-14-16(12)26-8-25-14)3-10(7-23)17-24-13-6-11(18(20,21)22)1-2-15(13)27-17/h1-6H,8H2/b10-3+. The lowest BCUT2D eigenvalue weighted by molar-refractivity contribution is -0.137. The molecule has 0 N–H and O–H groups in total. The van der Waals surface area contributed by atoms with Crippen LogP contribution in [0.1, 0.15) is 16.1 Å². The van der Waals surface area contributed by atoms with Crippen molar-refractivity contribution in [1.29, 1.82) is 5.26 Å². The second-order valence-electron chi connectivity index (χ2n) is 5.61. The number of nitriles is 1. The van der Waals surface area contributed by atoms with E-state index in [-0.39, 0.29) is 17.9 Å². The van der Waals surface area contributed by atoms with Crippen molar-refractivity contribution in [2.75, 3.05) is 6.79 Å². The molecule has 0 atom stereocenters. The van der Waals surface area contributed by atoms with E-state index in [0.29, 0.717) is 31.8 Å². The van der Waals surface area contributed by atoms with Gasteiger partial charge in [0, 0.05) is 0 Å². The molecule has 0 radical (unpaired) electrons. The highest BCUT2D eigenvalue weighted by Gasteiger charge is 2.30. The minimum atomic E-state index is -4.45. The Labute approximate surface area is 160 Å². The number of ether oxygens (including phenoxy) is 2. The topological polar surface area (TPSA) is 55.1 Å². The van der Waals surface area contributed by atoms with E-state index in [1.165, 1.54) is 6.07 Å².